The van der Waals surface area contributed by atoms with E-state index in [1.807, 2.05) is 0 Å². The summed E-state index contributed by atoms with van der Waals surface area (Å²) in [6.45, 7) is 10.3. The molecule has 32 heavy (non-hydrogen) atoms. The van der Waals surface area contributed by atoms with Crippen molar-refractivity contribution in [1.82, 2.24) is 0 Å². The van der Waals surface area contributed by atoms with Crippen molar-refractivity contribution in [2.45, 2.75) is 57.6 Å². The maximum Gasteiger partial charge on any atom is 0.404 e. The molecule has 0 rings (SSSR count). The first-order chi connectivity index (χ1) is 15.1. The van der Waals surface area contributed by atoms with Crippen molar-refractivity contribution in [3.8, 4) is 0 Å². The van der Waals surface area contributed by atoms with Crippen LogP contribution in [0.4, 0.5) is 4.79 Å². The number of Topliss-reactive ketones (excluding diaryl/α,β-unsaturated/α-hetero) is 1. The summed E-state index contributed by atoms with van der Waals surface area (Å²) in [5.41, 5.74) is 3.20. The van der Waals surface area contributed by atoms with Crippen LogP contribution in [0.2, 0.25) is 0 Å². The number of ketones is 1. The van der Waals surface area contributed by atoms with E-state index in [2.05, 4.69) is 33.6 Å². The third-order valence-corrected chi connectivity index (χ3v) is 3.94. The van der Waals surface area contributed by atoms with Gasteiger partial charge in [-0.3, -0.25) is 4.79 Å². The van der Waals surface area contributed by atoms with E-state index < -0.39 is 29.5 Å². The first-order valence-corrected chi connectivity index (χ1v) is 9.82. The third-order valence-electron chi connectivity index (χ3n) is 3.94. The van der Waals surface area contributed by atoms with Crippen LogP contribution in [0.25, 0.3) is 0 Å². The van der Waals surface area contributed by atoms with Gasteiger partial charge in [-0.25, -0.2) is 24.2 Å². The fourth-order valence-electron chi connectivity index (χ4n) is 2.60. The van der Waals surface area contributed by atoms with Crippen LogP contribution in [0.1, 0.15) is 46.0 Å². The van der Waals surface area contributed by atoms with E-state index in [-0.39, 0.29) is 25.0 Å². The Morgan fingerprint density at radius 1 is 1.19 bits per heavy atom. The normalized spacial score (nSPS) is 12.2. The fourth-order valence-corrected chi connectivity index (χ4v) is 2.60. The number of carbonyl (C=O) groups is 3. The zero-order valence-corrected chi connectivity index (χ0v) is 18.5. The van der Waals surface area contributed by atoms with E-state index in [0.717, 1.165) is 6.08 Å². The van der Waals surface area contributed by atoms with Gasteiger partial charge < -0.3 is 20.3 Å². The van der Waals surface area contributed by atoms with Crippen LogP contribution < -0.4 is 5.73 Å². The molecule has 0 saturated heterocycles. The molecule has 0 radical (unpaired) electrons. The van der Waals surface area contributed by atoms with Crippen molar-refractivity contribution >= 4 is 30.0 Å². The Balaban J connectivity index is 0. The van der Waals surface area contributed by atoms with E-state index in [1.54, 1.807) is 6.92 Å². The first-order valence-electron chi connectivity index (χ1n) is 9.82. The molecular formula is C21H31N3O8. The Morgan fingerprint density at radius 2 is 1.84 bits per heavy atom. The summed E-state index contributed by atoms with van der Waals surface area (Å²) >= 11 is 0. The maximum atomic E-state index is 12.6. The standard InChI is InChI=1S/C18H24N2O6.C3H7NO2/c1-4-16(24)26-11-15(23)10-18(20-13-22,17(25)14(2)3)8-6-5-7-9-19-12-21;1-2-6-3(4)5/h4,15,23H,1-2,5-11H2,3H3;2H2,1H3,(H2,4,5). The predicted octanol–water partition coefficient (Wildman–Crippen LogP) is 1.68. The average Bonchev–Trinajstić information content (AvgIpc) is 2.74. The van der Waals surface area contributed by atoms with Crippen LogP contribution in [0.3, 0.4) is 0 Å². The Kier molecular flexibility index (Phi) is 17.7. The van der Waals surface area contributed by atoms with Crippen LogP contribution >= 0.6 is 0 Å². The minimum Gasteiger partial charge on any atom is -0.460 e. The molecular weight excluding hydrogens is 422 g/mol. The highest BCUT2D eigenvalue weighted by molar-refractivity contribution is 6.02. The molecule has 0 spiro atoms. The molecule has 0 heterocycles. The van der Waals surface area contributed by atoms with Gasteiger partial charge in [-0.05, 0) is 32.3 Å². The lowest BCUT2D eigenvalue weighted by atomic mass is 9.81. The predicted molar refractivity (Wildman–Crippen MR) is 115 cm³/mol. The monoisotopic (exact) mass is 453 g/mol. The van der Waals surface area contributed by atoms with E-state index in [1.165, 1.54) is 19.1 Å². The average molecular weight is 453 g/mol. The second-order valence-corrected chi connectivity index (χ2v) is 6.57. The van der Waals surface area contributed by atoms with Crippen molar-refractivity contribution in [3.05, 3.63) is 24.8 Å². The second-order valence-electron chi connectivity index (χ2n) is 6.57. The van der Waals surface area contributed by atoms with E-state index in [9.17, 15) is 29.1 Å². The molecule has 11 heteroatoms. The van der Waals surface area contributed by atoms with Gasteiger partial charge in [0, 0.05) is 12.5 Å². The molecule has 0 saturated carbocycles. The van der Waals surface area contributed by atoms with E-state index in [0.29, 0.717) is 32.4 Å². The van der Waals surface area contributed by atoms with Gasteiger partial charge in [0.05, 0.1) is 19.3 Å². The number of isocyanates is 2. The Morgan fingerprint density at radius 3 is 2.28 bits per heavy atom. The Bertz CT molecular complexity index is 739. The van der Waals surface area contributed by atoms with E-state index in [4.69, 9.17) is 4.74 Å². The smallest absolute Gasteiger partial charge is 0.404 e. The molecule has 0 aliphatic rings. The molecule has 0 aromatic rings. The summed E-state index contributed by atoms with van der Waals surface area (Å²) < 4.78 is 8.94. The van der Waals surface area contributed by atoms with Gasteiger partial charge in [0.25, 0.3) is 0 Å². The highest BCUT2D eigenvalue weighted by Crippen LogP contribution is 2.29. The van der Waals surface area contributed by atoms with Gasteiger partial charge in [-0.1, -0.05) is 26.0 Å². The van der Waals surface area contributed by atoms with Crippen LogP contribution in [0, 0.1) is 0 Å². The number of esters is 1. The van der Waals surface area contributed by atoms with Crippen molar-refractivity contribution in [2.24, 2.45) is 15.7 Å². The van der Waals surface area contributed by atoms with Crippen molar-refractivity contribution in [2.75, 3.05) is 19.8 Å². The van der Waals surface area contributed by atoms with Crippen LogP contribution in [-0.2, 0) is 28.7 Å². The molecule has 2 atom stereocenters. The topological polar surface area (TPSA) is 175 Å². The summed E-state index contributed by atoms with van der Waals surface area (Å²) in [5.74, 6) is -1.20. The molecule has 11 nitrogen and oxygen atoms in total. The number of aliphatic imine (C=N–C) groups is 2. The summed E-state index contributed by atoms with van der Waals surface area (Å²) in [4.78, 5) is 61.3. The number of amides is 1. The fraction of sp³-hybridized carbons (Fsp3) is 0.571. The van der Waals surface area contributed by atoms with Crippen molar-refractivity contribution in [1.29, 1.82) is 0 Å². The summed E-state index contributed by atoms with van der Waals surface area (Å²) in [6.07, 6.45) is 3.56. The van der Waals surface area contributed by atoms with Crippen LogP contribution in [-0.4, -0.2) is 66.5 Å². The lowest BCUT2D eigenvalue weighted by Crippen LogP contribution is -2.42. The van der Waals surface area contributed by atoms with Gasteiger partial charge >= 0.3 is 12.1 Å². The molecule has 0 bridgehead atoms. The lowest BCUT2D eigenvalue weighted by Gasteiger charge is -2.29. The largest absolute Gasteiger partial charge is 0.460 e. The Hall–Kier alpha value is -3.39. The molecule has 3 N–H and O–H groups in total. The number of aliphatic hydroxyl groups excluding tert-OH is 1. The van der Waals surface area contributed by atoms with Crippen molar-refractivity contribution < 1.29 is 38.6 Å². The zero-order valence-electron chi connectivity index (χ0n) is 18.5. The number of rotatable bonds is 15. The Labute approximate surface area is 187 Å². The molecule has 0 aromatic carbocycles. The van der Waals surface area contributed by atoms with Crippen LogP contribution in [0.5, 0.6) is 0 Å². The minimum absolute atomic E-state index is 0.172. The summed E-state index contributed by atoms with van der Waals surface area (Å²) in [6, 6.07) is 0. The molecule has 1 amide bonds. The molecule has 178 valence electrons. The number of primary amides is 1. The summed E-state index contributed by atoms with van der Waals surface area (Å²) in [5, 5.41) is 10.1. The number of nitrogens with zero attached hydrogens (tertiary/aromatic N) is 2. The van der Waals surface area contributed by atoms with Crippen LogP contribution in [0.15, 0.2) is 34.8 Å². The number of nitrogens with two attached hydrogens (primary N) is 1. The second kappa shape index (κ2) is 18.4. The van der Waals surface area contributed by atoms with Gasteiger partial charge in [0.15, 0.2) is 5.78 Å². The van der Waals surface area contributed by atoms with Gasteiger partial charge in [-0.2, -0.15) is 4.99 Å². The first kappa shape index (κ1) is 30.8. The quantitative estimate of drug-likeness (QED) is 0.124. The number of unbranched alkanes of at least 4 members (excludes halogenated alkanes) is 2. The van der Waals surface area contributed by atoms with Gasteiger partial charge in [-0.15, -0.1) is 0 Å². The van der Waals surface area contributed by atoms with Gasteiger partial charge in [0.2, 0.25) is 12.2 Å². The number of carbonyl (C=O) groups excluding carboxylic acids is 5. The zero-order chi connectivity index (χ0) is 25.0. The molecule has 0 aliphatic heterocycles. The highest BCUT2D eigenvalue weighted by atomic mass is 16.5. The third kappa shape index (κ3) is 14.6. The number of hydrogen-bond acceptors (Lipinski definition) is 10. The lowest BCUT2D eigenvalue weighted by molar-refractivity contribution is -0.141. The molecule has 0 aliphatic carbocycles. The minimum atomic E-state index is -1.53. The number of aliphatic hydroxyl groups is 1. The highest BCUT2D eigenvalue weighted by Gasteiger charge is 2.40. The molecule has 0 aromatic heterocycles. The number of ether oxygens (including phenoxy) is 2. The van der Waals surface area contributed by atoms with Gasteiger partial charge in [0.1, 0.15) is 12.1 Å². The SMILES string of the molecule is C=CC(=O)OCC(O)CC(CCCCCN=C=O)(N=C=O)C(=O)C(=C)C.CCOC(N)=O. The maximum absolute atomic E-state index is 12.6. The van der Waals surface area contributed by atoms with E-state index >= 15 is 0 Å². The number of hydrogen-bond donors (Lipinski definition) is 2. The molecule has 0 fully saturated rings. The molecule has 2 unspecified atom stereocenters. The van der Waals surface area contributed by atoms with Crippen molar-refractivity contribution in [3.63, 3.8) is 0 Å². The summed E-state index contributed by atoms with van der Waals surface area (Å²) in [7, 11) is 0.